The molecule has 4 heteroatoms. The van der Waals surface area contributed by atoms with E-state index in [1.807, 2.05) is 24.3 Å². The molecule has 1 heterocycles. The van der Waals surface area contributed by atoms with E-state index in [0.717, 1.165) is 29.4 Å². The van der Waals surface area contributed by atoms with Gasteiger partial charge in [0.05, 0.1) is 18.1 Å². The van der Waals surface area contributed by atoms with Gasteiger partial charge in [-0.2, -0.15) is 17.7 Å². The molecule has 3 nitrogen and oxygen atoms in total. The topological polar surface area (TPSA) is 34.9 Å². The van der Waals surface area contributed by atoms with Gasteiger partial charge in [0.15, 0.2) is 0 Å². The van der Waals surface area contributed by atoms with Gasteiger partial charge in [0.1, 0.15) is 0 Å². The Bertz CT molecular complexity index is 616. The fraction of sp³-hybridized carbons (Fsp3) is 0.385. The molecule has 0 saturated heterocycles. The quantitative estimate of drug-likeness (QED) is 0.842. The van der Waals surface area contributed by atoms with Gasteiger partial charge in [-0.15, -0.1) is 0 Å². The predicted molar refractivity (Wildman–Crippen MR) is 71.5 cm³/mol. The molecule has 3 rings (SSSR count). The first-order valence-electron chi connectivity index (χ1n) is 5.80. The third-order valence-corrected chi connectivity index (χ3v) is 4.21. The Morgan fingerprint density at radius 2 is 2.12 bits per heavy atom. The van der Waals surface area contributed by atoms with Crippen LogP contribution in [0.3, 0.4) is 0 Å². The molecule has 0 atom stereocenters. The second-order valence-electron chi connectivity index (χ2n) is 4.85. The standard InChI is InChI=1S/C13H14N2OS/c16-12-11-4-2-1-3-10(11)7-14-15(12)8-13(9-17)5-6-13/h1-4,7,17H,5-6,8-9H2. The zero-order valence-electron chi connectivity index (χ0n) is 9.47. The zero-order chi connectivity index (χ0) is 11.9. The van der Waals surface area contributed by atoms with E-state index >= 15 is 0 Å². The molecule has 0 aliphatic heterocycles. The van der Waals surface area contributed by atoms with E-state index in [9.17, 15) is 4.79 Å². The molecule has 1 aromatic heterocycles. The number of rotatable bonds is 3. The van der Waals surface area contributed by atoms with Gasteiger partial charge in [0.2, 0.25) is 0 Å². The molecular weight excluding hydrogens is 232 g/mol. The monoisotopic (exact) mass is 246 g/mol. The van der Waals surface area contributed by atoms with Crippen molar-refractivity contribution in [2.24, 2.45) is 5.41 Å². The number of nitrogens with zero attached hydrogens (tertiary/aromatic N) is 2. The summed E-state index contributed by atoms with van der Waals surface area (Å²) in [5.41, 5.74) is 0.221. The van der Waals surface area contributed by atoms with Gasteiger partial charge >= 0.3 is 0 Å². The van der Waals surface area contributed by atoms with Crippen molar-refractivity contribution in [1.29, 1.82) is 0 Å². The van der Waals surface area contributed by atoms with Gasteiger partial charge in [-0.05, 0) is 30.1 Å². The van der Waals surface area contributed by atoms with Crippen LogP contribution in [0.4, 0.5) is 0 Å². The number of hydrogen-bond acceptors (Lipinski definition) is 3. The molecule has 0 radical (unpaired) electrons. The second kappa shape index (κ2) is 3.88. The first kappa shape index (κ1) is 10.8. The number of fused-ring (bicyclic) bond motifs is 1. The molecule has 0 spiro atoms. The smallest absolute Gasteiger partial charge is 0.267 e. The highest BCUT2D eigenvalue weighted by Gasteiger charge is 2.42. The van der Waals surface area contributed by atoms with Crippen LogP contribution in [0.25, 0.3) is 10.8 Å². The summed E-state index contributed by atoms with van der Waals surface area (Å²) >= 11 is 4.36. The second-order valence-corrected chi connectivity index (χ2v) is 5.17. The van der Waals surface area contributed by atoms with Gasteiger partial charge < -0.3 is 0 Å². The molecule has 1 aromatic carbocycles. The highest BCUT2D eigenvalue weighted by Crippen LogP contribution is 2.47. The molecule has 0 unspecified atom stereocenters. The summed E-state index contributed by atoms with van der Waals surface area (Å²) in [6.07, 6.45) is 4.07. The van der Waals surface area contributed by atoms with Gasteiger partial charge in [-0.25, -0.2) is 4.68 Å². The van der Waals surface area contributed by atoms with E-state index in [2.05, 4.69) is 17.7 Å². The van der Waals surface area contributed by atoms with Gasteiger partial charge in [-0.1, -0.05) is 18.2 Å². The maximum atomic E-state index is 12.2. The van der Waals surface area contributed by atoms with E-state index in [1.54, 1.807) is 10.9 Å². The van der Waals surface area contributed by atoms with Crippen molar-refractivity contribution in [2.45, 2.75) is 19.4 Å². The van der Waals surface area contributed by atoms with Crippen molar-refractivity contribution in [3.05, 3.63) is 40.8 Å². The molecule has 1 saturated carbocycles. The lowest BCUT2D eigenvalue weighted by atomic mass is 10.1. The Morgan fingerprint density at radius 3 is 2.82 bits per heavy atom. The maximum Gasteiger partial charge on any atom is 0.274 e. The van der Waals surface area contributed by atoms with Crippen LogP contribution in [0.2, 0.25) is 0 Å². The lowest BCUT2D eigenvalue weighted by molar-refractivity contribution is 0.427. The predicted octanol–water partition coefficient (Wildman–Crippen LogP) is 2.11. The molecule has 1 fully saturated rings. The summed E-state index contributed by atoms with van der Waals surface area (Å²) < 4.78 is 1.59. The van der Waals surface area contributed by atoms with Gasteiger partial charge in [0.25, 0.3) is 5.56 Å². The fourth-order valence-electron chi connectivity index (χ4n) is 2.10. The van der Waals surface area contributed by atoms with Crippen molar-refractivity contribution in [3.8, 4) is 0 Å². The van der Waals surface area contributed by atoms with Crippen molar-refractivity contribution in [1.82, 2.24) is 9.78 Å². The Hall–Kier alpha value is -1.29. The third kappa shape index (κ3) is 1.86. The number of thiol groups is 1. The van der Waals surface area contributed by atoms with Crippen LogP contribution < -0.4 is 5.56 Å². The molecular formula is C13H14N2OS. The number of benzene rings is 1. The van der Waals surface area contributed by atoms with E-state index in [0.29, 0.717) is 6.54 Å². The van der Waals surface area contributed by atoms with Crippen LogP contribution in [0.5, 0.6) is 0 Å². The first-order valence-corrected chi connectivity index (χ1v) is 6.43. The van der Waals surface area contributed by atoms with Crippen molar-refractivity contribution >= 4 is 23.4 Å². The average molecular weight is 246 g/mol. The first-order chi connectivity index (χ1) is 8.24. The summed E-state index contributed by atoms with van der Waals surface area (Å²) in [6, 6.07) is 7.58. The lowest BCUT2D eigenvalue weighted by Crippen LogP contribution is -2.27. The van der Waals surface area contributed by atoms with E-state index < -0.39 is 0 Å². The summed E-state index contributed by atoms with van der Waals surface area (Å²) in [7, 11) is 0. The zero-order valence-corrected chi connectivity index (χ0v) is 10.4. The largest absolute Gasteiger partial charge is 0.274 e. The third-order valence-electron chi connectivity index (χ3n) is 3.54. The van der Waals surface area contributed by atoms with Crippen LogP contribution in [0, 0.1) is 5.41 Å². The number of aromatic nitrogens is 2. The molecule has 0 bridgehead atoms. The van der Waals surface area contributed by atoms with Crippen molar-refractivity contribution in [3.63, 3.8) is 0 Å². The van der Waals surface area contributed by atoms with Crippen molar-refractivity contribution < 1.29 is 0 Å². The molecule has 2 aromatic rings. The van der Waals surface area contributed by atoms with Gasteiger partial charge in [-0.3, -0.25) is 4.79 Å². The molecule has 88 valence electrons. The minimum absolute atomic E-state index is 0.0103. The minimum Gasteiger partial charge on any atom is -0.267 e. The summed E-state index contributed by atoms with van der Waals surface area (Å²) in [5, 5.41) is 5.90. The van der Waals surface area contributed by atoms with E-state index in [4.69, 9.17) is 0 Å². The van der Waals surface area contributed by atoms with E-state index in [1.165, 1.54) is 0 Å². The van der Waals surface area contributed by atoms with Crippen LogP contribution in [0.1, 0.15) is 12.8 Å². The normalized spacial score (nSPS) is 17.2. The summed E-state index contributed by atoms with van der Waals surface area (Å²) in [5.74, 6) is 0.827. The maximum absolute atomic E-state index is 12.2. The highest BCUT2D eigenvalue weighted by atomic mass is 32.1. The minimum atomic E-state index is 0.0103. The average Bonchev–Trinajstić information content (AvgIpc) is 3.14. The summed E-state index contributed by atoms with van der Waals surface area (Å²) in [4.78, 5) is 12.2. The van der Waals surface area contributed by atoms with Crippen molar-refractivity contribution in [2.75, 3.05) is 5.75 Å². The van der Waals surface area contributed by atoms with Crippen LogP contribution in [-0.2, 0) is 6.54 Å². The van der Waals surface area contributed by atoms with Crippen LogP contribution >= 0.6 is 12.6 Å². The molecule has 17 heavy (non-hydrogen) atoms. The van der Waals surface area contributed by atoms with Gasteiger partial charge in [0, 0.05) is 5.39 Å². The molecule has 1 aliphatic rings. The molecule has 1 aliphatic carbocycles. The Morgan fingerprint density at radius 1 is 1.35 bits per heavy atom. The number of hydrogen-bond donors (Lipinski definition) is 1. The highest BCUT2D eigenvalue weighted by molar-refractivity contribution is 7.80. The lowest BCUT2D eigenvalue weighted by Gasteiger charge is -2.13. The Kier molecular flexibility index (Phi) is 2.47. The van der Waals surface area contributed by atoms with E-state index in [-0.39, 0.29) is 11.0 Å². The SMILES string of the molecule is O=c1c2ccccc2cnn1CC1(CS)CC1. The molecule has 0 amide bonds. The summed E-state index contributed by atoms with van der Waals surface area (Å²) in [6.45, 7) is 0.695. The Balaban J connectivity index is 2.06. The Labute approximate surface area is 105 Å². The van der Waals surface area contributed by atoms with Crippen LogP contribution in [0.15, 0.2) is 35.3 Å². The molecule has 0 N–H and O–H groups in total. The fourth-order valence-corrected chi connectivity index (χ4v) is 2.52. The van der Waals surface area contributed by atoms with Crippen LogP contribution in [-0.4, -0.2) is 15.5 Å².